The SMILES string of the molecule is CC(C)CN(NC(=O)c1ccc(CN2CCC(N3CCN(C)CC3)CC2)cc1)c1nc(C#N)ncc1Br.O=C(O)C(F)(F)F. The molecule has 0 unspecified atom stereocenters. The molecule has 0 saturated carbocycles. The van der Waals surface area contributed by atoms with Gasteiger partial charge >= 0.3 is 12.1 Å². The van der Waals surface area contributed by atoms with Crippen molar-refractivity contribution in [2.45, 2.75) is 45.5 Å². The van der Waals surface area contributed by atoms with Crippen molar-refractivity contribution in [1.82, 2.24) is 30.1 Å². The van der Waals surface area contributed by atoms with Gasteiger partial charge in [-0.25, -0.2) is 9.78 Å². The van der Waals surface area contributed by atoms with E-state index >= 15 is 0 Å². The summed E-state index contributed by atoms with van der Waals surface area (Å²) < 4.78 is 32.3. The number of carbonyl (C=O) groups is 2. The van der Waals surface area contributed by atoms with Gasteiger partial charge in [-0.2, -0.15) is 23.4 Å². The van der Waals surface area contributed by atoms with Crippen LogP contribution in [-0.2, 0) is 11.3 Å². The number of carbonyl (C=O) groups excluding carboxylic acids is 1. The van der Waals surface area contributed by atoms with Crippen molar-refractivity contribution in [2.24, 2.45) is 5.92 Å². The Morgan fingerprint density at radius 3 is 2.25 bits per heavy atom. The maximum Gasteiger partial charge on any atom is 0.490 e. The van der Waals surface area contributed by atoms with Crippen molar-refractivity contribution in [1.29, 1.82) is 5.26 Å². The quantitative estimate of drug-likeness (QED) is 0.397. The Kier molecular flexibility index (Phi) is 12.9. The molecule has 2 aliphatic rings. The van der Waals surface area contributed by atoms with Crippen LogP contribution in [0.1, 0.15) is 48.4 Å². The largest absolute Gasteiger partial charge is 0.490 e. The van der Waals surface area contributed by atoms with E-state index in [2.05, 4.69) is 66.9 Å². The summed E-state index contributed by atoms with van der Waals surface area (Å²) in [4.78, 5) is 37.9. The highest BCUT2D eigenvalue weighted by Gasteiger charge is 2.38. The van der Waals surface area contributed by atoms with E-state index in [4.69, 9.17) is 9.90 Å². The average Bonchev–Trinajstić information content (AvgIpc) is 2.98. The van der Waals surface area contributed by atoms with Crippen LogP contribution in [0.4, 0.5) is 19.0 Å². The van der Waals surface area contributed by atoms with Crippen LogP contribution >= 0.6 is 15.9 Å². The third-order valence-electron chi connectivity index (χ3n) is 7.34. The molecule has 15 heteroatoms. The molecule has 3 heterocycles. The predicted octanol–water partition coefficient (Wildman–Crippen LogP) is 3.76. The molecule has 1 amide bonds. The van der Waals surface area contributed by atoms with Crippen molar-refractivity contribution in [3.05, 3.63) is 51.9 Å². The van der Waals surface area contributed by atoms with Crippen LogP contribution in [0.25, 0.3) is 0 Å². The smallest absolute Gasteiger partial charge is 0.475 e. The fourth-order valence-corrected chi connectivity index (χ4v) is 5.39. The molecule has 2 saturated heterocycles. The minimum atomic E-state index is -5.08. The molecule has 1 aromatic carbocycles. The van der Waals surface area contributed by atoms with E-state index < -0.39 is 12.1 Å². The van der Waals surface area contributed by atoms with Crippen LogP contribution in [0.5, 0.6) is 0 Å². The van der Waals surface area contributed by atoms with E-state index in [1.54, 1.807) is 5.01 Å². The Morgan fingerprint density at radius 2 is 1.73 bits per heavy atom. The van der Waals surface area contributed by atoms with E-state index in [-0.39, 0.29) is 17.6 Å². The first-order valence-corrected chi connectivity index (χ1v) is 15.1. The number of hydrogen-bond acceptors (Lipinski definition) is 9. The Balaban J connectivity index is 0.000000676. The number of carboxylic acids is 1. The summed E-state index contributed by atoms with van der Waals surface area (Å²) in [5.74, 6) is -2.20. The number of aromatic nitrogens is 2. The van der Waals surface area contributed by atoms with Crippen LogP contribution in [0.3, 0.4) is 0 Å². The number of likely N-dealkylation sites (N-methyl/N-ethyl adjacent to an activating group) is 1. The van der Waals surface area contributed by atoms with Gasteiger partial charge in [-0.1, -0.05) is 26.0 Å². The molecular weight excluding hydrogens is 645 g/mol. The second-order valence-electron chi connectivity index (χ2n) is 11.3. The number of aliphatic carboxylic acids is 1. The van der Waals surface area contributed by atoms with Crippen molar-refractivity contribution >= 4 is 33.6 Å². The highest BCUT2D eigenvalue weighted by Crippen LogP contribution is 2.23. The first-order chi connectivity index (χ1) is 20.8. The van der Waals surface area contributed by atoms with Gasteiger partial charge < -0.3 is 10.0 Å². The van der Waals surface area contributed by atoms with Crippen molar-refractivity contribution in [2.75, 3.05) is 57.9 Å². The summed E-state index contributed by atoms with van der Waals surface area (Å²) in [7, 11) is 2.21. The molecule has 4 rings (SSSR count). The number of piperazine rings is 1. The van der Waals surface area contributed by atoms with Crippen LogP contribution < -0.4 is 10.4 Å². The van der Waals surface area contributed by atoms with Crippen molar-refractivity contribution in [3.63, 3.8) is 0 Å². The van der Waals surface area contributed by atoms with Crippen molar-refractivity contribution < 1.29 is 27.9 Å². The van der Waals surface area contributed by atoms with Crippen LogP contribution in [0, 0.1) is 17.2 Å². The number of anilines is 1. The number of hydrogen-bond donors (Lipinski definition) is 2. The molecule has 11 nitrogen and oxygen atoms in total. The zero-order valence-electron chi connectivity index (χ0n) is 25.0. The molecule has 0 radical (unpaired) electrons. The number of amides is 1. The number of benzene rings is 1. The third kappa shape index (κ3) is 10.7. The number of piperidine rings is 1. The van der Waals surface area contributed by atoms with Gasteiger partial charge in [-0.05, 0) is 72.5 Å². The third-order valence-corrected chi connectivity index (χ3v) is 7.90. The average molecular weight is 684 g/mol. The van der Waals surface area contributed by atoms with Gasteiger partial charge in [0, 0.05) is 57.1 Å². The maximum atomic E-state index is 13.1. The second-order valence-corrected chi connectivity index (χ2v) is 12.1. The molecule has 0 atom stereocenters. The van der Waals surface area contributed by atoms with Gasteiger partial charge in [0.05, 0.1) is 4.47 Å². The number of nitrogens with one attached hydrogen (secondary N) is 1. The van der Waals surface area contributed by atoms with Crippen LogP contribution in [0.2, 0.25) is 0 Å². The summed E-state index contributed by atoms with van der Waals surface area (Å²) in [6.07, 6.45) is -1.10. The zero-order chi connectivity index (χ0) is 32.4. The summed E-state index contributed by atoms with van der Waals surface area (Å²) >= 11 is 3.44. The highest BCUT2D eigenvalue weighted by molar-refractivity contribution is 9.10. The van der Waals surface area contributed by atoms with Crippen LogP contribution in [0.15, 0.2) is 34.9 Å². The molecule has 2 aliphatic heterocycles. The molecule has 2 fully saturated rings. The lowest BCUT2D eigenvalue weighted by atomic mass is 10.0. The molecule has 0 bridgehead atoms. The monoisotopic (exact) mass is 682 g/mol. The second kappa shape index (κ2) is 16.1. The van der Waals surface area contributed by atoms with E-state index in [1.807, 2.05) is 30.3 Å². The topological polar surface area (TPSA) is 129 Å². The number of nitriles is 1. The number of hydrazine groups is 1. The van der Waals surface area contributed by atoms with Gasteiger partial charge in [0.1, 0.15) is 6.07 Å². The molecular formula is C29H38BrF3N8O3. The van der Waals surface area contributed by atoms with Gasteiger partial charge in [-0.15, -0.1) is 0 Å². The van der Waals surface area contributed by atoms with Crippen LogP contribution in [-0.4, -0.2) is 107 Å². The number of likely N-dealkylation sites (tertiary alicyclic amines) is 1. The summed E-state index contributed by atoms with van der Waals surface area (Å²) in [5.41, 5.74) is 4.75. The fraction of sp³-hybridized carbons (Fsp3) is 0.552. The number of rotatable bonds is 8. The predicted molar refractivity (Wildman–Crippen MR) is 162 cm³/mol. The normalized spacial score (nSPS) is 17.0. The maximum absolute atomic E-state index is 13.1. The summed E-state index contributed by atoms with van der Waals surface area (Å²) in [6, 6.07) is 10.5. The molecule has 1 aromatic heterocycles. The fourth-order valence-electron chi connectivity index (χ4n) is 4.99. The molecule has 0 spiro atoms. The Labute approximate surface area is 263 Å². The molecule has 2 N–H and O–H groups in total. The summed E-state index contributed by atoms with van der Waals surface area (Å²) in [5, 5.41) is 18.0. The Hall–Kier alpha value is -3.32. The highest BCUT2D eigenvalue weighted by atomic mass is 79.9. The number of nitrogens with zero attached hydrogens (tertiary/aromatic N) is 7. The van der Waals surface area contributed by atoms with Crippen molar-refractivity contribution in [3.8, 4) is 6.07 Å². The van der Waals surface area contributed by atoms with Gasteiger partial charge in [0.25, 0.3) is 5.91 Å². The molecule has 44 heavy (non-hydrogen) atoms. The standard InChI is InChI=1S/C27H37BrN8O.C2HF3O2/c1-20(2)18-36(26-24(28)17-30-25(16-29)31-26)32-27(37)22-6-4-21(5-7-22)19-34-10-8-23(9-11-34)35-14-12-33(3)13-15-35;3-2(4,5)1(6)7/h4-7,17,20,23H,8-15,18-19H2,1-3H3,(H,32,37);(H,6,7). The molecule has 240 valence electrons. The number of carboxylic acid groups (broad SMARTS) is 1. The van der Waals surface area contributed by atoms with Gasteiger partial charge in [0.15, 0.2) is 5.82 Å². The lowest BCUT2D eigenvalue weighted by Crippen LogP contribution is -2.52. The first-order valence-electron chi connectivity index (χ1n) is 14.3. The molecule has 0 aliphatic carbocycles. The zero-order valence-corrected chi connectivity index (χ0v) is 26.6. The molecule has 2 aromatic rings. The van der Waals surface area contributed by atoms with Gasteiger partial charge in [-0.3, -0.25) is 25.0 Å². The summed E-state index contributed by atoms with van der Waals surface area (Å²) in [6.45, 7) is 12.5. The number of alkyl halides is 3. The van der Waals surface area contributed by atoms with E-state index in [1.165, 1.54) is 50.8 Å². The van der Waals surface area contributed by atoms with E-state index in [0.717, 1.165) is 19.6 Å². The minimum absolute atomic E-state index is 0.0538. The lowest BCUT2D eigenvalue weighted by molar-refractivity contribution is -0.192. The van der Waals surface area contributed by atoms with E-state index in [0.29, 0.717) is 28.4 Å². The van der Waals surface area contributed by atoms with Gasteiger partial charge in [0.2, 0.25) is 5.82 Å². The Bertz CT molecular complexity index is 1290. The minimum Gasteiger partial charge on any atom is -0.475 e. The lowest BCUT2D eigenvalue weighted by Gasteiger charge is -2.42. The Morgan fingerprint density at radius 1 is 1.14 bits per heavy atom. The number of halogens is 4. The first kappa shape index (κ1) is 35.2. The van der Waals surface area contributed by atoms with E-state index in [9.17, 15) is 23.2 Å².